The molecule has 3 N–H and O–H groups in total. The van der Waals surface area contributed by atoms with Crippen molar-refractivity contribution < 1.29 is 34.0 Å². The minimum absolute atomic E-state index is 0.0234. The second-order valence-electron chi connectivity index (χ2n) is 18.4. The van der Waals surface area contributed by atoms with Gasteiger partial charge in [0.15, 0.2) is 6.29 Å². The summed E-state index contributed by atoms with van der Waals surface area (Å²) in [5, 5.41) is 22.3. The number of carbonyl (C=O) groups is 5. The molecule has 0 saturated carbocycles. The van der Waals surface area contributed by atoms with Crippen LogP contribution in [-0.2, 0) is 33.9 Å². The Kier molecular flexibility index (Phi) is 13.5. The van der Waals surface area contributed by atoms with Gasteiger partial charge in [-0.15, -0.1) is 0 Å². The number of benzene rings is 3. The monoisotopic (exact) mass is 853 g/mol. The summed E-state index contributed by atoms with van der Waals surface area (Å²) < 4.78 is 0. The molecule has 2 aliphatic carbocycles. The predicted molar refractivity (Wildman–Crippen MR) is 244 cm³/mol. The fourth-order valence-electron chi connectivity index (χ4n) is 10.9. The van der Waals surface area contributed by atoms with Gasteiger partial charge in [-0.05, 0) is 145 Å². The molecule has 2 fully saturated rings. The van der Waals surface area contributed by atoms with Crippen molar-refractivity contribution in [2.45, 2.75) is 89.3 Å². The summed E-state index contributed by atoms with van der Waals surface area (Å²) in [5.41, 5.74) is 9.29. The fourth-order valence-corrected chi connectivity index (χ4v) is 10.9. The van der Waals surface area contributed by atoms with Crippen LogP contribution < -0.4 is 15.7 Å². The largest absolute Gasteiger partial charge is 0.488 e. The average molecular weight is 854 g/mol. The number of aryl methyl sites for hydroxylation is 1. The Morgan fingerprint density at radius 1 is 0.921 bits per heavy atom. The summed E-state index contributed by atoms with van der Waals surface area (Å²) in [6.45, 7) is 4.77. The Bertz CT molecular complexity index is 2270. The third-order valence-electron chi connectivity index (χ3n) is 14.8. The van der Waals surface area contributed by atoms with E-state index in [1.54, 1.807) is 17.0 Å². The van der Waals surface area contributed by atoms with Crippen LogP contribution in [0.15, 0.2) is 78.4 Å². The topological polar surface area (TPSA) is 151 Å². The van der Waals surface area contributed by atoms with Gasteiger partial charge in [0, 0.05) is 63.9 Å². The molecule has 5 aliphatic rings. The molecule has 3 atom stereocenters. The van der Waals surface area contributed by atoms with Crippen LogP contribution in [0, 0.1) is 11.3 Å². The molecule has 3 aliphatic heterocycles. The first kappa shape index (κ1) is 44.3. The summed E-state index contributed by atoms with van der Waals surface area (Å²) in [7, 11) is 1.50. The van der Waals surface area contributed by atoms with Crippen LogP contribution in [-0.4, -0.2) is 115 Å². The molecular formula is C50H60BN5O7. The summed E-state index contributed by atoms with van der Waals surface area (Å²) in [6, 6.07) is 17.6. The second kappa shape index (κ2) is 19.2. The Morgan fingerprint density at radius 3 is 2.29 bits per heavy atom. The van der Waals surface area contributed by atoms with Crippen molar-refractivity contribution in [1.82, 2.24) is 20.0 Å². The molecule has 3 aromatic rings. The quantitative estimate of drug-likeness (QED) is 0.167. The Hall–Kier alpha value is -5.37. The zero-order valence-corrected chi connectivity index (χ0v) is 36.6. The molecule has 12 nitrogen and oxygen atoms in total. The van der Waals surface area contributed by atoms with Crippen molar-refractivity contribution >= 4 is 48.6 Å². The molecule has 330 valence electrons. The Labute approximate surface area is 371 Å². The Balaban J connectivity index is 0.853. The van der Waals surface area contributed by atoms with Gasteiger partial charge in [0.2, 0.25) is 11.8 Å². The first-order valence-electron chi connectivity index (χ1n) is 22.7. The predicted octanol–water partition coefficient (Wildman–Crippen LogP) is 4.54. The van der Waals surface area contributed by atoms with Crippen LogP contribution in [0.3, 0.4) is 0 Å². The van der Waals surface area contributed by atoms with E-state index in [0.29, 0.717) is 43.6 Å². The van der Waals surface area contributed by atoms with Gasteiger partial charge in [0.1, 0.15) is 12.3 Å². The lowest BCUT2D eigenvalue weighted by Gasteiger charge is -2.47. The number of rotatable bonds is 13. The number of nitrogens with one attached hydrogen (secondary N) is 1. The highest BCUT2D eigenvalue weighted by atomic mass is 16.4. The lowest BCUT2D eigenvalue weighted by Crippen LogP contribution is -2.49. The van der Waals surface area contributed by atoms with E-state index in [9.17, 15) is 34.0 Å². The summed E-state index contributed by atoms with van der Waals surface area (Å²) in [4.78, 5) is 70.9. The van der Waals surface area contributed by atoms with E-state index in [-0.39, 0.29) is 41.2 Å². The number of nitrogens with zero attached hydrogens (tertiary/aromatic N) is 4. The minimum atomic E-state index is -1.47. The van der Waals surface area contributed by atoms with E-state index in [4.69, 9.17) is 0 Å². The van der Waals surface area contributed by atoms with Gasteiger partial charge in [0.25, 0.3) is 5.91 Å². The van der Waals surface area contributed by atoms with Crippen LogP contribution in [0.4, 0.5) is 5.69 Å². The minimum Gasteiger partial charge on any atom is -0.423 e. The van der Waals surface area contributed by atoms with Crippen molar-refractivity contribution in [2.24, 2.45) is 11.3 Å². The molecule has 63 heavy (non-hydrogen) atoms. The van der Waals surface area contributed by atoms with Gasteiger partial charge >= 0.3 is 7.12 Å². The highest BCUT2D eigenvalue weighted by Gasteiger charge is 2.39. The molecule has 13 heteroatoms. The lowest BCUT2D eigenvalue weighted by molar-refractivity contribution is -0.133. The van der Waals surface area contributed by atoms with Gasteiger partial charge < -0.3 is 34.9 Å². The van der Waals surface area contributed by atoms with E-state index < -0.39 is 25.0 Å². The number of fused-ring (bicyclic) bond motifs is 2. The number of likely N-dealkylation sites (tertiary alicyclic amines) is 1. The maximum absolute atomic E-state index is 13.7. The summed E-state index contributed by atoms with van der Waals surface area (Å²) in [6.07, 6.45) is 17.1. The molecule has 3 amide bonds. The number of aldehydes is 2. The number of piperidine rings is 2. The number of allylic oxidation sites excluding steroid dienone is 4. The summed E-state index contributed by atoms with van der Waals surface area (Å²) >= 11 is 0. The second-order valence-corrected chi connectivity index (χ2v) is 18.4. The van der Waals surface area contributed by atoms with E-state index in [1.807, 2.05) is 12.1 Å². The van der Waals surface area contributed by atoms with Crippen LogP contribution in [0.25, 0.3) is 0 Å². The van der Waals surface area contributed by atoms with Crippen molar-refractivity contribution in [1.29, 1.82) is 0 Å². The highest BCUT2D eigenvalue weighted by Crippen LogP contribution is 2.46. The molecular weight excluding hydrogens is 793 g/mol. The van der Waals surface area contributed by atoms with Crippen LogP contribution >= 0.6 is 0 Å². The number of likely N-dealkylation sites (N-methyl/N-ethyl adjacent to an activating group) is 2. The molecule has 1 spiro atoms. The fraction of sp³-hybridized carbons (Fsp3) is 0.460. The molecule has 1 unspecified atom stereocenters. The lowest BCUT2D eigenvalue weighted by atomic mass is 9.66. The number of hydrogen-bond donors (Lipinski definition) is 3. The van der Waals surface area contributed by atoms with Gasteiger partial charge in [0.05, 0.1) is 12.1 Å². The molecule has 2 saturated heterocycles. The first-order valence-corrected chi connectivity index (χ1v) is 22.7. The molecule has 8 rings (SSSR count). The standard InChI is InChI=1S/C50H60BN5O7/c1-52-48(60)45(9-6-26-57)53(2)49(61)44-29-38-31-56(30-37(38)27-39(44)33-58)46(59)32-54-22-18-50(19-23-54)20-24-55(25-21-50)41-14-10-35(11-15-41)47-42(34-7-4-3-5-8-34)16-12-36-28-40(51(62)63)13-17-43(36)47/h4,7-8,10-11,13-15,17,26-29,33,42,45,47,62-63H,3,5-6,9,12,16,18-25,30-32H2,1-2H3,(H,52,60)/t42-,45?,47+/m1/s1. The molecule has 0 bridgehead atoms. The first-order chi connectivity index (χ1) is 30.5. The molecule has 3 aromatic carbocycles. The third-order valence-corrected chi connectivity index (χ3v) is 14.8. The van der Waals surface area contributed by atoms with Crippen molar-refractivity contribution in [3.63, 3.8) is 0 Å². The molecule has 0 radical (unpaired) electrons. The number of hydrogen-bond acceptors (Lipinski definition) is 9. The maximum atomic E-state index is 13.7. The third kappa shape index (κ3) is 9.33. The van der Waals surface area contributed by atoms with E-state index in [1.165, 1.54) is 46.9 Å². The summed E-state index contributed by atoms with van der Waals surface area (Å²) in [5.74, 6) is -0.279. The normalized spacial score (nSPS) is 20.9. The highest BCUT2D eigenvalue weighted by molar-refractivity contribution is 6.58. The van der Waals surface area contributed by atoms with Crippen molar-refractivity contribution in [3.8, 4) is 0 Å². The SMILES string of the molecule is CNC(=O)C(CCC=O)N(C)C(=O)c1cc2c(cc1C=O)CN(C(=O)CN1CCC3(CC1)CCN(c1ccc([C@@H]4c5ccc(B(O)O)cc5CC[C@@H]4C4=CCCC=C4)cc1)CC3)C2. The van der Waals surface area contributed by atoms with Gasteiger partial charge in [-0.2, -0.15) is 0 Å². The molecule has 3 heterocycles. The van der Waals surface area contributed by atoms with Crippen molar-refractivity contribution in [2.75, 3.05) is 51.7 Å². The Morgan fingerprint density at radius 2 is 1.63 bits per heavy atom. The number of amides is 3. The van der Waals surface area contributed by atoms with Crippen LogP contribution in [0.1, 0.15) is 112 Å². The van der Waals surface area contributed by atoms with Gasteiger partial charge in [-0.3, -0.25) is 24.1 Å². The number of anilines is 1. The van der Waals surface area contributed by atoms with E-state index in [0.717, 1.165) is 88.7 Å². The smallest absolute Gasteiger partial charge is 0.423 e. The van der Waals surface area contributed by atoms with Crippen LogP contribution in [0.2, 0.25) is 0 Å². The molecule has 0 aromatic heterocycles. The average Bonchev–Trinajstić information content (AvgIpc) is 3.75. The number of carbonyl (C=O) groups excluding carboxylic acids is 5. The van der Waals surface area contributed by atoms with Gasteiger partial charge in [-0.1, -0.05) is 48.6 Å². The van der Waals surface area contributed by atoms with Gasteiger partial charge in [-0.25, -0.2) is 0 Å². The van der Waals surface area contributed by atoms with Crippen LogP contribution in [0.5, 0.6) is 0 Å². The zero-order valence-electron chi connectivity index (χ0n) is 36.6. The zero-order chi connectivity index (χ0) is 44.3. The maximum Gasteiger partial charge on any atom is 0.488 e. The van der Waals surface area contributed by atoms with E-state index >= 15 is 0 Å². The van der Waals surface area contributed by atoms with E-state index in [2.05, 4.69) is 63.7 Å². The van der Waals surface area contributed by atoms with Crippen molar-refractivity contribution in [3.05, 3.63) is 117 Å².